The van der Waals surface area contributed by atoms with Gasteiger partial charge in [-0.1, -0.05) is 45.0 Å². The normalized spacial score (nSPS) is 16.2. The second-order valence-corrected chi connectivity index (χ2v) is 9.44. The SMILES string of the molecule is C=CCNC(=O)c1c(NC(=O)c2ccccc2)sc2c1CC[C@@H](C(C)(C)C)C2. The van der Waals surface area contributed by atoms with Crippen molar-refractivity contribution < 1.29 is 9.59 Å². The zero-order valence-electron chi connectivity index (χ0n) is 16.8. The number of benzene rings is 1. The number of hydrogen-bond acceptors (Lipinski definition) is 3. The van der Waals surface area contributed by atoms with E-state index in [0.29, 0.717) is 28.6 Å². The van der Waals surface area contributed by atoms with Gasteiger partial charge in [0.15, 0.2) is 0 Å². The second kappa shape index (κ2) is 8.31. The summed E-state index contributed by atoms with van der Waals surface area (Å²) in [6.45, 7) is 10.9. The van der Waals surface area contributed by atoms with E-state index in [1.165, 1.54) is 4.88 Å². The summed E-state index contributed by atoms with van der Waals surface area (Å²) in [5.41, 5.74) is 2.52. The van der Waals surface area contributed by atoms with Crippen LogP contribution in [0, 0.1) is 11.3 Å². The van der Waals surface area contributed by atoms with E-state index in [9.17, 15) is 9.59 Å². The van der Waals surface area contributed by atoms with Crippen LogP contribution in [0.2, 0.25) is 0 Å². The molecule has 1 heterocycles. The van der Waals surface area contributed by atoms with Crippen LogP contribution in [0.3, 0.4) is 0 Å². The van der Waals surface area contributed by atoms with E-state index < -0.39 is 0 Å². The van der Waals surface area contributed by atoms with Gasteiger partial charge >= 0.3 is 0 Å². The summed E-state index contributed by atoms with van der Waals surface area (Å²) in [5.74, 6) is 0.236. The molecule has 5 heteroatoms. The third-order valence-corrected chi connectivity index (χ3v) is 6.56. The van der Waals surface area contributed by atoms with Gasteiger partial charge in [-0.3, -0.25) is 9.59 Å². The zero-order valence-corrected chi connectivity index (χ0v) is 17.6. The van der Waals surface area contributed by atoms with E-state index in [1.54, 1.807) is 29.5 Å². The molecule has 148 valence electrons. The maximum Gasteiger partial charge on any atom is 0.256 e. The smallest absolute Gasteiger partial charge is 0.256 e. The molecule has 0 radical (unpaired) electrons. The van der Waals surface area contributed by atoms with Crippen molar-refractivity contribution in [2.45, 2.75) is 40.0 Å². The van der Waals surface area contributed by atoms with Crippen LogP contribution in [0.25, 0.3) is 0 Å². The lowest BCUT2D eigenvalue weighted by molar-refractivity contribution is 0.0957. The fourth-order valence-corrected chi connectivity index (χ4v) is 4.99. The molecule has 1 aliphatic carbocycles. The Hall–Kier alpha value is -2.40. The molecule has 1 atom stereocenters. The maximum absolute atomic E-state index is 12.9. The summed E-state index contributed by atoms with van der Waals surface area (Å²) in [7, 11) is 0. The Bertz CT molecular complexity index is 878. The molecule has 0 spiro atoms. The molecule has 1 aliphatic rings. The minimum atomic E-state index is -0.190. The molecule has 0 bridgehead atoms. The number of carbonyl (C=O) groups is 2. The largest absolute Gasteiger partial charge is 0.348 e. The van der Waals surface area contributed by atoms with Gasteiger partial charge in [0.2, 0.25) is 0 Å². The van der Waals surface area contributed by atoms with Gasteiger partial charge in [-0.2, -0.15) is 0 Å². The summed E-state index contributed by atoms with van der Waals surface area (Å²) in [4.78, 5) is 26.8. The maximum atomic E-state index is 12.9. The van der Waals surface area contributed by atoms with Gasteiger partial charge in [-0.15, -0.1) is 17.9 Å². The van der Waals surface area contributed by atoms with Crippen molar-refractivity contribution in [3.05, 3.63) is 64.6 Å². The number of fused-ring (bicyclic) bond motifs is 1. The van der Waals surface area contributed by atoms with Crippen LogP contribution in [-0.4, -0.2) is 18.4 Å². The molecule has 1 aromatic carbocycles. The van der Waals surface area contributed by atoms with Gasteiger partial charge < -0.3 is 10.6 Å². The van der Waals surface area contributed by atoms with E-state index >= 15 is 0 Å². The molecule has 0 saturated carbocycles. The van der Waals surface area contributed by atoms with Gasteiger partial charge in [-0.25, -0.2) is 0 Å². The number of hydrogen-bond donors (Lipinski definition) is 2. The molecule has 0 fully saturated rings. The van der Waals surface area contributed by atoms with Gasteiger partial charge in [0, 0.05) is 17.0 Å². The average molecular weight is 397 g/mol. The molecule has 0 unspecified atom stereocenters. The molecule has 0 saturated heterocycles. The minimum Gasteiger partial charge on any atom is -0.348 e. The van der Waals surface area contributed by atoms with Crippen molar-refractivity contribution in [1.82, 2.24) is 5.32 Å². The van der Waals surface area contributed by atoms with Crippen molar-refractivity contribution in [1.29, 1.82) is 0 Å². The van der Waals surface area contributed by atoms with E-state index in [-0.39, 0.29) is 17.2 Å². The summed E-state index contributed by atoms with van der Waals surface area (Å²) < 4.78 is 0. The van der Waals surface area contributed by atoms with E-state index in [1.807, 2.05) is 18.2 Å². The molecule has 1 aromatic heterocycles. The van der Waals surface area contributed by atoms with Gasteiger partial charge in [0.1, 0.15) is 5.00 Å². The highest BCUT2D eigenvalue weighted by atomic mass is 32.1. The van der Waals surface area contributed by atoms with Crippen LogP contribution in [0.1, 0.15) is 58.3 Å². The fourth-order valence-electron chi connectivity index (χ4n) is 3.67. The van der Waals surface area contributed by atoms with Gasteiger partial charge in [0.25, 0.3) is 11.8 Å². The summed E-state index contributed by atoms with van der Waals surface area (Å²) in [6, 6.07) is 9.09. The highest BCUT2D eigenvalue weighted by molar-refractivity contribution is 7.17. The summed E-state index contributed by atoms with van der Waals surface area (Å²) >= 11 is 1.55. The first-order valence-corrected chi connectivity index (χ1v) is 10.5. The number of thiophene rings is 1. The Balaban J connectivity index is 1.94. The highest BCUT2D eigenvalue weighted by Gasteiger charge is 2.34. The highest BCUT2D eigenvalue weighted by Crippen LogP contribution is 2.44. The number of rotatable bonds is 5. The molecule has 0 aliphatic heterocycles. The number of nitrogens with one attached hydrogen (secondary N) is 2. The van der Waals surface area contributed by atoms with Crippen LogP contribution >= 0.6 is 11.3 Å². The standard InChI is InChI=1S/C23H28N2O2S/c1-5-13-24-21(27)19-17-12-11-16(23(2,3)4)14-18(17)28-22(19)25-20(26)15-9-7-6-8-10-15/h5-10,16H,1,11-14H2,2-4H3,(H,24,27)(H,25,26)/t16-/m1/s1. The first kappa shape index (κ1) is 20.3. The van der Waals surface area contributed by atoms with Crippen LogP contribution in [-0.2, 0) is 12.8 Å². The Morgan fingerprint density at radius 2 is 1.93 bits per heavy atom. The summed E-state index contributed by atoms with van der Waals surface area (Å²) in [6.07, 6.45) is 4.54. The first-order chi connectivity index (χ1) is 13.3. The molecule has 28 heavy (non-hydrogen) atoms. The predicted octanol–water partition coefficient (Wildman–Crippen LogP) is 5.07. The van der Waals surface area contributed by atoms with E-state index in [2.05, 4.69) is 38.0 Å². The quantitative estimate of drug-likeness (QED) is 0.694. The third kappa shape index (κ3) is 4.36. The van der Waals surface area contributed by atoms with Crippen LogP contribution < -0.4 is 10.6 Å². The predicted molar refractivity (Wildman–Crippen MR) is 116 cm³/mol. The lowest BCUT2D eigenvalue weighted by Gasteiger charge is -2.33. The van der Waals surface area contributed by atoms with Gasteiger partial charge in [0.05, 0.1) is 5.56 Å². The van der Waals surface area contributed by atoms with E-state index in [4.69, 9.17) is 0 Å². The molecular formula is C23H28N2O2S. The monoisotopic (exact) mass is 396 g/mol. The van der Waals surface area contributed by atoms with Crippen LogP contribution in [0.4, 0.5) is 5.00 Å². The van der Waals surface area contributed by atoms with Crippen molar-refractivity contribution in [3.63, 3.8) is 0 Å². The molecule has 2 N–H and O–H groups in total. The molecule has 4 nitrogen and oxygen atoms in total. The Morgan fingerprint density at radius 1 is 1.21 bits per heavy atom. The van der Waals surface area contributed by atoms with E-state index in [0.717, 1.165) is 24.8 Å². The van der Waals surface area contributed by atoms with Crippen molar-refractivity contribution in [2.24, 2.45) is 11.3 Å². The van der Waals surface area contributed by atoms with Crippen molar-refractivity contribution in [2.75, 3.05) is 11.9 Å². The molecular weight excluding hydrogens is 368 g/mol. The Kier molecular flexibility index (Phi) is 6.04. The minimum absolute atomic E-state index is 0.144. The van der Waals surface area contributed by atoms with Crippen molar-refractivity contribution >= 4 is 28.2 Å². The Labute approximate surface area is 171 Å². The zero-order chi connectivity index (χ0) is 20.3. The molecule has 3 rings (SSSR count). The molecule has 2 amide bonds. The lowest BCUT2D eigenvalue weighted by Crippen LogP contribution is -2.28. The van der Waals surface area contributed by atoms with Crippen molar-refractivity contribution in [3.8, 4) is 0 Å². The average Bonchev–Trinajstić information content (AvgIpc) is 3.03. The van der Waals surface area contributed by atoms with Crippen LogP contribution in [0.5, 0.6) is 0 Å². The number of amides is 2. The topological polar surface area (TPSA) is 58.2 Å². The molecule has 2 aromatic rings. The second-order valence-electron chi connectivity index (χ2n) is 8.33. The summed E-state index contributed by atoms with van der Waals surface area (Å²) in [5, 5.41) is 6.51. The Morgan fingerprint density at radius 3 is 2.57 bits per heavy atom. The lowest BCUT2D eigenvalue weighted by atomic mass is 9.72. The number of carbonyl (C=O) groups excluding carboxylic acids is 2. The number of anilines is 1. The fraction of sp³-hybridized carbons (Fsp3) is 0.391. The first-order valence-electron chi connectivity index (χ1n) is 9.71. The van der Waals surface area contributed by atoms with Crippen LogP contribution in [0.15, 0.2) is 43.0 Å². The third-order valence-electron chi connectivity index (χ3n) is 5.39. The van der Waals surface area contributed by atoms with Gasteiger partial charge in [-0.05, 0) is 48.3 Å².